The molecule has 106 valence electrons. The van der Waals surface area contributed by atoms with Crippen LogP contribution in [0, 0.1) is 11.6 Å². The third kappa shape index (κ3) is 1.98. The minimum atomic E-state index is -1.00. The van der Waals surface area contributed by atoms with E-state index in [1.807, 2.05) is 0 Å². The molecule has 2 heterocycles. The SMILES string of the molecule is Oc1nc2ncnn2c(O)c1-c1c(F)cc(C=S)cc1F. The Morgan fingerprint density at radius 3 is 2.43 bits per heavy atom. The maximum absolute atomic E-state index is 14.1. The van der Waals surface area contributed by atoms with E-state index in [1.54, 1.807) is 0 Å². The van der Waals surface area contributed by atoms with Crippen LogP contribution in [0.2, 0.25) is 0 Å². The smallest absolute Gasteiger partial charge is 0.258 e. The Bertz CT molecular complexity index is 858. The highest BCUT2D eigenvalue weighted by atomic mass is 32.1. The van der Waals surface area contributed by atoms with Gasteiger partial charge in [0.05, 0.1) is 5.56 Å². The van der Waals surface area contributed by atoms with Gasteiger partial charge in [-0.15, -0.1) is 0 Å². The molecule has 0 aliphatic carbocycles. The molecule has 3 aromatic rings. The van der Waals surface area contributed by atoms with Crippen molar-refractivity contribution in [2.75, 3.05) is 0 Å². The third-order valence-corrected chi connectivity index (χ3v) is 3.11. The molecule has 2 N–H and O–H groups in total. The number of hydrogen-bond donors (Lipinski definition) is 2. The molecule has 0 saturated heterocycles. The number of nitrogens with zero attached hydrogens (tertiary/aromatic N) is 4. The second kappa shape index (κ2) is 4.70. The van der Waals surface area contributed by atoms with E-state index in [0.717, 1.165) is 28.3 Å². The van der Waals surface area contributed by atoms with E-state index in [0.29, 0.717) is 0 Å². The summed E-state index contributed by atoms with van der Waals surface area (Å²) in [5.74, 6) is -3.55. The molecule has 0 bridgehead atoms. The number of benzene rings is 1. The topological polar surface area (TPSA) is 83.5 Å². The first-order chi connectivity index (χ1) is 10.0. The minimum Gasteiger partial charge on any atom is -0.493 e. The van der Waals surface area contributed by atoms with Crippen LogP contribution in [0.25, 0.3) is 16.9 Å². The molecule has 0 saturated carbocycles. The first-order valence-corrected chi connectivity index (χ1v) is 6.06. The van der Waals surface area contributed by atoms with Gasteiger partial charge in [-0.25, -0.2) is 8.78 Å². The highest BCUT2D eigenvalue weighted by Gasteiger charge is 2.24. The lowest BCUT2D eigenvalue weighted by Gasteiger charge is -2.10. The molecule has 0 atom stereocenters. The van der Waals surface area contributed by atoms with Crippen LogP contribution >= 0.6 is 12.2 Å². The zero-order valence-electron chi connectivity index (χ0n) is 10.2. The van der Waals surface area contributed by atoms with E-state index < -0.39 is 34.5 Å². The van der Waals surface area contributed by atoms with E-state index in [-0.39, 0.29) is 11.3 Å². The van der Waals surface area contributed by atoms with Crippen molar-refractivity contribution in [1.82, 2.24) is 19.6 Å². The molecule has 0 fully saturated rings. The van der Waals surface area contributed by atoms with E-state index in [1.165, 1.54) is 0 Å². The van der Waals surface area contributed by atoms with Crippen molar-refractivity contribution in [3.63, 3.8) is 0 Å². The second-order valence-electron chi connectivity index (χ2n) is 4.08. The van der Waals surface area contributed by atoms with Gasteiger partial charge in [-0.05, 0) is 17.7 Å². The Morgan fingerprint density at radius 1 is 1.14 bits per heavy atom. The largest absolute Gasteiger partial charge is 0.493 e. The van der Waals surface area contributed by atoms with Gasteiger partial charge in [0.2, 0.25) is 11.8 Å². The van der Waals surface area contributed by atoms with Crippen LogP contribution in [-0.4, -0.2) is 35.2 Å². The summed E-state index contributed by atoms with van der Waals surface area (Å²) in [6.45, 7) is 0. The zero-order valence-corrected chi connectivity index (χ0v) is 11.0. The van der Waals surface area contributed by atoms with E-state index in [9.17, 15) is 19.0 Å². The average Bonchev–Trinajstić information content (AvgIpc) is 2.89. The fourth-order valence-corrected chi connectivity index (χ4v) is 2.08. The van der Waals surface area contributed by atoms with Crippen molar-refractivity contribution in [3.8, 4) is 22.9 Å². The number of thiocarbonyl (C=S) groups is 1. The van der Waals surface area contributed by atoms with Crippen molar-refractivity contribution >= 4 is 23.4 Å². The predicted molar refractivity (Wildman–Crippen MR) is 72.2 cm³/mol. The van der Waals surface area contributed by atoms with Gasteiger partial charge in [0.1, 0.15) is 23.5 Å². The summed E-state index contributed by atoms with van der Waals surface area (Å²) in [5.41, 5.74) is -0.994. The van der Waals surface area contributed by atoms with Crippen molar-refractivity contribution in [3.05, 3.63) is 35.7 Å². The molecule has 21 heavy (non-hydrogen) atoms. The standard InChI is InChI=1S/C12H6F2N4O2S/c13-6-1-5(3-21)2-7(14)8(6)9-10(19)17-12-15-4-16-18(12)11(9)20/h1-4,20H,(H,15,16,17,19). The van der Waals surface area contributed by atoms with Crippen LogP contribution in [-0.2, 0) is 0 Å². The first-order valence-electron chi connectivity index (χ1n) is 5.59. The third-order valence-electron chi connectivity index (χ3n) is 2.83. The van der Waals surface area contributed by atoms with Crippen LogP contribution in [0.1, 0.15) is 5.56 Å². The summed E-state index contributed by atoms with van der Waals surface area (Å²) in [4.78, 5) is 7.28. The molecule has 6 nitrogen and oxygen atoms in total. The van der Waals surface area contributed by atoms with Crippen molar-refractivity contribution in [1.29, 1.82) is 0 Å². The zero-order chi connectivity index (χ0) is 15.1. The molecule has 1 aromatic carbocycles. The molecule has 0 unspecified atom stereocenters. The van der Waals surface area contributed by atoms with Gasteiger partial charge >= 0.3 is 0 Å². The Kier molecular flexibility index (Phi) is 2.98. The maximum Gasteiger partial charge on any atom is 0.258 e. The van der Waals surface area contributed by atoms with E-state index >= 15 is 0 Å². The van der Waals surface area contributed by atoms with E-state index in [2.05, 4.69) is 27.3 Å². The van der Waals surface area contributed by atoms with Gasteiger partial charge in [-0.1, -0.05) is 12.2 Å². The van der Waals surface area contributed by atoms with Crippen molar-refractivity contribution in [2.24, 2.45) is 0 Å². The van der Waals surface area contributed by atoms with Crippen LogP contribution in [0.5, 0.6) is 11.8 Å². The quantitative estimate of drug-likeness (QED) is 0.703. The monoisotopic (exact) mass is 308 g/mol. The van der Waals surface area contributed by atoms with E-state index in [4.69, 9.17) is 0 Å². The van der Waals surface area contributed by atoms with Gasteiger partial charge in [0, 0.05) is 5.37 Å². The maximum atomic E-state index is 14.1. The van der Waals surface area contributed by atoms with Crippen LogP contribution in [0.15, 0.2) is 18.5 Å². The highest BCUT2D eigenvalue weighted by Crippen LogP contribution is 2.38. The number of aromatic hydroxyl groups is 2. The van der Waals surface area contributed by atoms with Gasteiger partial charge in [-0.3, -0.25) is 0 Å². The van der Waals surface area contributed by atoms with Gasteiger partial charge in [-0.2, -0.15) is 19.6 Å². The summed E-state index contributed by atoms with van der Waals surface area (Å²) in [5, 5.41) is 24.6. The average molecular weight is 308 g/mol. The summed E-state index contributed by atoms with van der Waals surface area (Å²) in [7, 11) is 0. The number of halogens is 2. The Hall–Kier alpha value is -2.68. The summed E-state index contributed by atoms with van der Waals surface area (Å²) >= 11 is 4.61. The lowest BCUT2D eigenvalue weighted by atomic mass is 10.0. The highest BCUT2D eigenvalue weighted by molar-refractivity contribution is 7.79. The molecular formula is C12H6F2N4O2S. The molecule has 0 spiro atoms. The second-order valence-corrected chi connectivity index (χ2v) is 4.32. The molecule has 3 rings (SSSR count). The summed E-state index contributed by atoms with van der Waals surface area (Å²) in [6.07, 6.45) is 1.08. The fraction of sp³-hybridized carbons (Fsp3) is 0. The number of hydrogen-bond acceptors (Lipinski definition) is 6. The predicted octanol–water partition coefficient (Wildman–Crippen LogP) is 1.83. The summed E-state index contributed by atoms with van der Waals surface area (Å²) in [6, 6.07) is 1.96. The van der Waals surface area contributed by atoms with Crippen molar-refractivity contribution < 1.29 is 19.0 Å². The van der Waals surface area contributed by atoms with Crippen molar-refractivity contribution in [2.45, 2.75) is 0 Å². The van der Waals surface area contributed by atoms with Gasteiger partial charge in [0.15, 0.2) is 0 Å². The summed E-state index contributed by atoms with van der Waals surface area (Å²) < 4.78 is 29.0. The molecule has 0 radical (unpaired) electrons. The molecular weight excluding hydrogens is 302 g/mol. The van der Waals surface area contributed by atoms with Crippen LogP contribution in [0.3, 0.4) is 0 Å². The number of aromatic nitrogens is 4. The van der Waals surface area contributed by atoms with Gasteiger partial charge < -0.3 is 10.2 Å². The Labute approximate surface area is 121 Å². The number of fused-ring (bicyclic) bond motifs is 1. The minimum absolute atomic E-state index is 0.106. The molecule has 0 amide bonds. The molecule has 0 aliphatic rings. The molecule has 2 aromatic heterocycles. The fourth-order valence-electron chi connectivity index (χ4n) is 1.94. The normalized spacial score (nSPS) is 11.0. The molecule has 0 aliphatic heterocycles. The van der Waals surface area contributed by atoms with Gasteiger partial charge in [0.25, 0.3) is 5.78 Å². The Balaban J connectivity index is 2.37. The first kappa shape index (κ1) is 13.3. The molecule has 9 heteroatoms. The lowest BCUT2D eigenvalue weighted by Crippen LogP contribution is -2.00. The Morgan fingerprint density at radius 2 is 1.81 bits per heavy atom. The van der Waals surface area contributed by atoms with Crippen LogP contribution in [0.4, 0.5) is 8.78 Å². The number of rotatable bonds is 2. The lowest BCUT2D eigenvalue weighted by molar-refractivity contribution is 0.414. The van der Waals surface area contributed by atoms with Crippen LogP contribution < -0.4 is 0 Å².